The minimum absolute atomic E-state index is 0.539. The Labute approximate surface area is 86.0 Å². The standard InChI is InChI=1S/C11H9NO3/c12-11(13)7-8(9-3-1-5-14-9)10-4-2-6-15-10/h1-7H,(H2,12,13). The summed E-state index contributed by atoms with van der Waals surface area (Å²) in [6.45, 7) is 0. The summed E-state index contributed by atoms with van der Waals surface area (Å²) in [5.74, 6) is 0.547. The molecule has 0 saturated heterocycles. The van der Waals surface area contributed by atoms with Crippen LogP contribution in [0.3, 0.4) is 0 Å². The Hall–Kier alpha value is -2.23. The Kier molecular flexibility index (Phi) is 2.41. The molecule has 1 amide bonds. The van der Waals surface area contributed by atoms with Crippen LogP contribution in [0.25, 0.3) is 5.57 Å². The van der Waals surface area contributed by atoms with Crippen molar-refractivity contribution >= 4 is 11.5 Å². The van der Waals surface area contributed by atoms with E-state index in [4.69, 9.17) is 14.6 Å². The minimum Gasteiger partial charge on any atom is -0.464 e. The lowest BCUT2D eigenvalue weighted by Gasteiger charge is -1.98. The molecular formula is C11H9NO3. The highest BCUT2D eigenvalue weighted by atomic mass is 16.3. The van der Waals surface area contributed by atoms with Gasteiger partial charge in [-0.3, -0.25) is 4.79 Å². The van der Waals surface area contributed by atoms with E-state index in [2.05, 4.69) is 0 Å². The highest BCUT2D eigenvalue weighted by Crippen LogP contribution is 2.23. The number of primary amides is 1. The van der Waals surface area contributed by atoms with Gasteiger partial charge in [-0.2, -0.15) is 0 Å². The van der Waals surface area contributed by atoms with E-state index in [1.165, 1.54) is 18.6 Å². The molecule has 0 aliphatic carbocycles. The Balaban J connectivity index is 2.47. The third-order valence-corrected chi connectivity index (χ3v) is 1.86. The number of furan rings is 2. The van der Waals surface area contributed by atoms with E-state index in [1.54, 1.807) is 24.3 Å². The van der Waals surface area contributed by atoms with Crippen molar-refractivity contribution in [2.75, 3.05) is 0 Å². The molecule has 0 radical (unpaired) electrons. The number of amides is 1. The molecule has 2 aromatic heterocycles. The van der Waals surface area contributed by atoms with E-state index in [1.807, 2.05) is 0 Å². The molecule has 0 fully saturated rings. The smallest absolute Gasteiger partial charge is 0.242 e. The van der Waals surface area contributed by atoms with Crippen molar-refractivity contribution in [3.8, 4) is 0 Å². The van der Waals surface area contributed by atoms with Crippen molar-refractivity contribution in [1.29, 1.82) is 0 Å². The summed E-state index contributed by atoms with van der Waals surface area (Å²) in [6, 6.07) is 6.93. The summed E-state index contributed by atoms with van der Waals surface area (Å²) in [6.07, 6.45) is 4.32. The molecule has 0 spiro atoms. The van der Waals surface area contributed by atoms with Crippen LogP contribution in [0.15, 0.2) is 51.7 Å². The molecule has 4 heteroatoms. The van der Waals surface area contributed by atoms with Crippen molar-refractivity contribution in [3.05, 3.63) is 54.4 Å². The summed E-state index contributed by atoms with van der Waals surface area (Å²) in [4.78, 5) is 10.9. The molecule has 0 atom stereocenters. The second kappa shape index (κ2) is 3.88. The third-order valence-electron chi connectivity index (χ3n) is 1.86. The lowest BCUT2D eigenvalue weighted by atomic mass is 10.1. The second-order valence-corrected chi connectivity index (χ2v) is 2.91. The topological polar surface area (TPSA) is 69.4 Å². The monoisotopic (exact) mass is 203 g/mol. The maximum atomic E-state index is 10.9. The predicted molar refractivity (Wildman–Crippen MR) is 53.7 cm³/mol. The van der Waals surface area contributed by atoms with Gasteiger partial charge in [0.1, 0.15) is 11.5 Å². The van der Waals surface area contributed by atoms with Crippen LogP contribution >= 0.6 is 0 Å². The van der Waals surface area contributed by atoms with Gasteiger partial charge in [0.2, 0.25) is 5.91 Å². The number of carbonyl (C=O) groups is 1. The van der Waals surface area contributed by atoms with Gasteiger partial charge in [0.25, 0.3) is 0 Å². The van der Waals surface area contributed by atoms with Crippen molar-refractivity contribution in [1.82, 2.24) is 0 Å². The molecule has 0 bridgehead atoms. The highest BCUT2D eigenvalue weighted by Gasteiger charge is 2.11. The normalized spacial score (nSPS) is 9.87. The molecular weight excluding hydrogens is 194 g/mol. The van der Waals surface area contributed by atoms with E-state index >= 15 is 0 Å². The fraction of sp³-hybridized carbons (Fsp3) is 0. The Morgan fingerprint density at radius 1 is 1.13 bits per heavy atom. The number of nitrogens with two attached hydrogens (primary N) is 1. The molecule has 0 aliphatic rings. The second-order valence-electron chi connectivity index (χ2n) is 2.91. The Morgan fingerprint density at radius 2 is 1.67 bits per heavy atom. The molecule has 76 valence electrons. The first-order valence-electron chi connectivity index (χ1n) is 4.36. The lowest BCUT2D eigenvalue weighted by molar-refractivity contribution is -0.113. The number of carbonyl (C=O) groups excluding carboxylic acids is 1. The van der Waals surface area contributed by atoms with Gasteiger partial charge < -0.3 is 14.6 Å². The van der Waals surface area contributed by atoms with Gasteiger partial charge in [0, 0.05) is 6.08 Å². The van der Waals surface area contributed by atoms with E-state index in [0.717, 1.165) is 0 Å². The number of hydrogen-bond donors (Lipinski definition) is 1. The molecule has 0 saturated carbocycles. The number of rotatable bonds is 3. The van der Waals surface area contributed by atoms with Crippen LogP contribution in [0.5, 0.6) is 0 Å². The molecule has 2 N–H and O–H groups in total. The third kappa shape index (κ3) is 1.99. The van der Waals surface area contributed by atoms with Crippen LogP contribution in [0.1, 0.15) is 11.5 Å². The molecule has 15 heavy (non-hydrogen) atoms. The van der Waals surface area contributed by atoms with Gasteiger partial charge >= 0.3 is 0 Å². The van der Waals surface area contributed by atoms with Gasteiger partial charge in [-0.1, -0.05) is 0 Å². The average Bonchev–Trinajstić information content (AvgIpc) is 2.87. The first-order valence-corrected chi connectivity index (χ1v) is 4.36. The minimum atomic E-state index is -0.544. The molecule has 2 heterocycles. The van der Waals surface area contributed by atoms with Crippen LogP contribution in [-0.4, -0.2) is 5.91 Å². The first kappa shape index (κ1) is 9.33. The summed E-state index contributed by atoms with van der Waals surface area (Å²) in [7, 11) is 0. The zero-order chi connectivity index (χ0) is 10.7. The quantitative estimate of drug-likeness (QED) is 0.773. The molecule has 0 aliphatic heterocycles. The largest absolute Gasteiger partial charge is 0.464 e. The van der Waals surface area contributed by atoms with Crippen LogP contribution in [0.4, 0.5) is 0 Å². The van der Waals surface area contributed by atoms with Crippen LogP contribution in [-0.2, 0) is 4.79 Å². The number of hydrogen-bond acceptors (Lipinski definition) is 3. The summed E-state index contributed by atoms with van der Waals surface area (Å²) >= 11 is 0. The Bertz CT molecular complexity index is 430. The van der Waals surface area contributed by atoms with E-state index in [-0.39, 0.29) is 0 Å². The molecule has 4 nitrogen and oxygen atoms in total. The van der Waals surface area contributed by atoms with Gasteiger partial charge in [0.05, 0.1) is 18.1 Å². The zero-order valence-corrected chi connectivity index (χ0v) is 7.84. The summed E-state index contributed by atoms with van der Waals surface area (Å²) < 4.78 is 10.4. The molecule has 0 aromatic carbocycles. The lowest BCUT2D eigenvalue weighted by Crippen LogP contribution is -2.07. The summed E-state index contributed by atoms with van der Waals surface area (Å²) in [5, 5.41) is 0. The maximum absolute atomic E-state index is 10.9. The van der Waals surface area contributed by atoms with Gasteiger partial charge in [-0.15, -0.1) is 0 Å². The summed E-state index contributed by atoms with van der Waals surface area (Å²) in [5.41, 5.74) is 5.65. The molecule has 2 aromatic rings. The van der Waals surface area contributed by atoms with Crippen molar-refractivity contribution in [3.63, 3.8) is 0 Å². The van der Waals surface area contributed by atoms with Gasteiger partial charge in [0.15, 0.2) is 0 Å². The maximum Gasteiger partial charge on any atom is 0.242 e. The molecule has 0 unspecified atom stereocenters. The Morgan fingerprint density at radius 3 is 2.00 bits per heavy atom. The average molecular weight is 203 g/mol. The van der Waals surface area contributed by atoms with Crippen LogP contribution < -0.4 is 5.73 Å². The fourth-order valence-corrected chi connectivity index (χ4v) is 1.27. The van der Waals surface area contributed by atoms with Crippen molar-refractivity contribution in [2.24, 2.45) is 5.73 Å². The zero-order valence-electron chi connectivity index (χ0n) is 7.84. The van der Waals surface area contributed by atoms with E-state index < -0.39 is 5.91 Å². The van der Waals surface area contributed by atoms with E-state index in [9.17, 15) is 4.79 Å². The molecule has 2 rings (SSSR count). The van der Waals surface area contributed by atoms with Gasteiger partial charge in [-0.25, -0.2) is 0 Å². The van der Waals surface area contributed by atoms with Crippen molar-refractivity contribution < 1.29 is 13.6 Å². The highest BCUT2D eigenvalue weighted by molar-refractivity contribution is 5.96. The van der Waals surface area contributed by atoms with Crippen molar-refractivity contribution in [2.45, 2.75) is 0 Å². The SMILES string of the molecule is NC(=O)C=C(c1ccco1)c1ccco1. The van der Waals surface area contributed by atoms with E-state index in [0.29, 0.717) is 17.1 Å². The van der Waals surface area contributed by atoms with Crippen LogP contribution in [0, 0.1) is 0 Å². The fourth-order valence-electron chi connectivity index (χ4n) is 1.27. The van der Waals surface area contributed by atoms with Crippen LogP contribution in [0.2, 0.25) is 0 Å². The first-order chi connectivity index (χ1) is 7.27. The van der Waals surface area contributed by atoms with Gasteiger partial charge in [-0.05, 0) is 24.3 Å². The predicted octanol–water partition coefficient (Wildman–Crippen LogP) is 1.79.